The number of hydrogen-bond acceptors (Lipinski definition) is 3. The molecule has 0 aromatic carbocycles. The number of rotatable bonds is 4. The smallest absolute Gasteiger partial charge is 0.410 e. The van der Waals surface area contributed by atoms with Crippen LogP contribution >= 0.6 is 0 Å². The van der Waals surface area contributed by atoms with Crippen LogP contribution in [0.4, 0.5) is 4.79 Å². The zero-order chi connectivity index (χ0) is 13.6. The number of amides is 1. The number of ether oxygens (including phenoxy) is 1. The third-order valence-corrected chi connectivity index (χ3v) is 3.86. The van der Waals surface area contributed by atoms with Gasteiger partial charge in [0.05, 0.1) is 11.6 Å². The van der Waals surface area contributed by atoms with Crippen LogP contribution in [-0.2, 0) is 4.74 Å². The van der Waals surface area contributed by atoms with Crippen molar-refractivity contribution in [1.82, 2.24) is 4.90 Å². The van der Waals surface area contributed by atoms with E-state index in [-0.39, 0.29) is 17.7 Å². The van der Waals surface area contributed by atoms with Gasteiger partial charge in [-0.15, -0.1) is 0 Å². The summed E-state index contributed by atoms with van der Waals surface area (Å²) < 4.78 is 5.36. The maximum absolute atomic E-state index is 12.2. The van der Waals surface area contributed by atoms with E-state index in [0.29, 0.717) is 13.1 Å². The van der Waals surface area contributed by atoms with Crippen LogP contribution in [0, 0.1) is 0 Å². The van der Waals surface area contributed by atoms with Crippen molar-refractivity contribution in [3.8, 4) is 0 Å². The molecule has 0 bridgehead atoms. The van der Waals surface area contributed by atoms with E-state index in [1.807, 2.05) is 25.7 Å². The van der Waals surface area contributed by atoms with Crippen LogP contribution in [0.1, 0.15) is 59.3 Å². The van der Waals surface area contributed by atoms with Gasteiger partial charge in [-0.3, -0.25) is 0 Å². The largest absolute Gasteiger partial charge is 0.447 e. The number of carbonyl (C=O) groups is 1. The van der Waals surface area contributed by atoms with Crippen LogP contribution in [0.5, 0.6) is 0 Å². The second-order valence-electron chi connectivity index (χ2n) is 5.52. The van der Waals surface area contributed by atoms with Crippen LogP contribution < -0.4 is 5.73 Å². The Kier molecular flexibility index (Phi) is 5.93. The predicted octanol–water partition coefficient (Wildman–Crippen LogP) is 2.91. The number of nitrogens with zero attached hydrogens (tertiary/aromatic N) is 1. The second kappa shape index (κ2) is 6.98. The molecule has 18 heavy (non-hydrogen) atoms. The Bertz CT molecular complexity index is 259. The van der Waals surface area contributed by atoms with Gasteiger partial charge in [0, 0.05) is 13.1 Å². The Morgan fingerprint density at radius 3 is 2.22 bits per heavy atom. The number of nitrogens with two attached hydrogens (primary N) is 1. The van der Waals surface area contributed by atoms with Gasteiger partial charge in [-0.2, -0.15) is 0 Å². The van der Waals surface area contributed by atoms with Crippen LogP contribution in [0.15, 0.2) is 0 Å². The zero-order valence-electron chi connectivity index (χ0n) is 12.1. The molecular formula is C14H28N2O2. The fraction of sp³-hybridized carbons (Fsp3) is 0.929. The molecule has 1 aliphatic rings. The lowest BCUT2D eigenvalue weighted by molar-refractivity contribution is 0.0311. The molecule has 0 saturated heterocycles. The Balaban J connectivity index is 2.83. The minimum absolute atomic E-state index is 0.0767. The fourth-order valence-electron chi connectivity index (χ4n) is 2.89. The molecule has 1 aliphatic carbocycles. The van der Waals surface area contributed by atoms with Crippen molar-refractivity contribution in [1.29, 1.82) is 0 Å². The molecule has 1 amide bonds. The highest BCUT2D eigenvalue weighted by Crippen LogP contribution is 2.32. The average Bonchev–Trinajstić information content (AvgIpc) is 2.55. The van der Waals surface area contributed by atoms with Gasteiger partial charge in [-0.1, -0.05) is 25.7 Å². The maximum Gasteiger partial charge on any atom is 0.410 e. The molecule has 1 saturated carbocycles. The average molecular weight is 256 g/mol. The van der Waals surface area contributed by atoms with E-state index >= 15 is 0 Å². The quantitative estimate of drug-likeness (QED) is 0.787. The summed E-state index contributed by atoms with van der Waals surface area (Å²) in [5, 5.41) is 0. The van der Waals surface area contributed by atoms with Crippen molar-refractivity contribution in [3.63, 3.8) is 0 Å². The minimum atomic E-state index is -0.208. The molecule has 4 nitrogen and oxygen atoms in total. The Hall–Kier alpha value is -0.770. The molecule has 0 unspecified atom stereocenters. The summed E-state index contributed by atoms with van der Waals surface area (Å²) in [6.07, 6.45) is 6.53. The van der Waals surface area contributed by atoms with Crippen molar-refractivity contribution >= 4 is 6.09 Å². The number of hydrogen-bond donors (Lipinski definition) is 1. The first-order valence-corrected chi connectivity index (χ1v) is 7.24. The van der Waals surface area contributed by atoms with Gasteiger partial charge < -0.3 is 15.4 Å². The highest BCUT2D eigenvalue weighted by atomic mass is 16.6. The first-order chi connectivity index (χ1) is 8.55. The van der Waals surface area contributed by atoms with Crippen LogP contribution in [0.2, 0.25) is 0 Å². The lowest BCUT2D eigenvalue weighted by Crippen LogP contribution is -2.56. The molecule has 0 atom stereocenters. The first kappa shape index (κ1) is 15.3. The summed E-state index contributed by atoms with van der Waals surface area (Å²) >= 11 is 0. The van der Waals surface area contributed by atoms with Gasteiger partial charge in [0.1, 0.15) is 0 Å². The van der Waals surface area contributed by atoms with E-state index < -0.39 is 0 Å². The van der Waals surface area contributed by atoms with E-state index in [1.165, 1.54) is 12.8 Å². The van der Waals surface area contributed by atoms with Crippen molar-refractivity contribution < 1.29 is 9.53 Å². The van der Waals surface area contributed by atoms with E-state index in [2.05, 4.69) is 0 Å². The molecule has 2 N–H and O–H groups in total. The highest BCUT2D eigenvalue weighted by molar-refractivity contribution is 5.69. The Labute approximate surface area is 111 Å². The third-order valence-electron chi connectivity index (χ3n) is 3.86. The van der Waals surface area contributed by atoms with Crippen LogP contribution in [0.3, 0.4) is 0 Å². The molecular weight excluding hydrogens is 228 g/mol. The maximum atomic E-state index is 12.2. The molecule has 0 radical (unpaired) electrons. The van der Waals surface area contributed by atoms with E-state index in [0.717, 1.165) is 25.7 Å². The number of carbonyl (C=O) groups excluding carboxylic acids is 1. The summed E-state index contributed by atoms with van der Waals surface area (Å²) in [5.74, 6) is 0. The van der Waals surface area contributed by atoms with Crippen molar-refractivity contribution in [2.24, 2.45) is 5.73 Å². The van der Waals surface area contributed by atoms with Gasteiger partial charge in [0.15, 0.2) is 0 Å². The lowest BCUT2D eigenvalue weighted by Gasteiger charge is -2.42. The summed E-state index contributed by atoms with van der Waals surface area (Å²) in [4.78, 5) is 14.1. The van der Waals surface area contributed by atoms with Crippen LogP contribution in [-0.4, -0.2) is 35.7 Å². The summed E-state index contributed by atoms with van der Waals surface area (Å²) in [6, 6.07) is 0. The molecule has 1 rings (SSSR count). The normalized spacial score (nSPS) is 19.4. The highest BCUT2D eigenvalue weighted by Gasteiger charge is 2.38. The van der Waals surface area contributed by atoms with Gasteiger partial charge in [0.2, 0.25) is 0 Å². The van der Waals surface area contributed by atoms with Crippen molar-refractivity contribution in [2.45, 2.75) is 70.9 Å². The van der Waals surface area contributed by atoms with Gasteiger partial charge in [-0.05, 0) is 33.6 Å². The SMILES string of the molecule is CCN(C(=O)OC(C)C)C1(CN)CCCCCC1. The van der Waals surface area contributed by atoms with Gasteiger partial charge in [0.25, 0.3) is 0 Å². The lowest BCUT2D eigenvalue weighted by atomic mass is 9.88. The molecule has 0 spiro atoms. The first-order valence-electron chi connectivity index (χ1n) is 7.24. The Morgan fingerprint density at radius 2 is 1.83 bits per heavy atom. The minimum Gasteiger partial charge on any atom is -0.447 e. The van der Waals surface area contributed by atoms with E-state index in [4.69, 9.17) is 10.5 Å². The summed E-state index contributed by atoms with van der Waals surface area (Å²) in [5.41, 5.74) is 5.82. The van der Waals surface area contributed by atoms with E-state index in [1.54, 1.807) is 0 Å². The molecule has 1 fully saturated rings. The standard InChI is InChI=1S/C14H28N2O2/c1-4-16(13(17)18-12(2)3)14(11-15)9-7-5-6-8-10-14/h12H,4-11,15H2,1-3H3. The predicted molar refractivity (Wildman–Crippen MR) is 73.5 cm³/mol. The summed E-state index contributed by atoms with van der Waals surface area (Å²) in [7, 11) is 0. The third kappa shape index (κ3) is 3.61. The van der Waals surface area contributed by atoms with Gasteiger partial charge in [-0.25, -0.2) is 4.79 Å². The molecule has 0 heterocycles. The molecule has 0 aromatic rings. The second-order valence-corrected chi connectivity index (χ2v) is 5.52. The Morgan fingerprint density at radius 1 is 1.28 bits per heavy atom. The summed E-state index contributed by atoms with van der Waals surface area (Å²) in [6.45, 7) is 6.97. The fourth-order valence-corrected chi connectivity index (χ4v) is 2.89. The molecule has 0 aliphatic heterocycles. The zero-order valence-corrected chi connectivity index (χ0v) is 12.1. The molecule has 4 heteroatoms. The van der Waals surface area contributed by atoms with Crippen molar-refractivity contribution in [2.75, 3.05) is 13.1 Å². The monoisotopic (exact) mass is 256 g/mol. The van der Waals surface area contributed by atoms with Crippen molar-refractivity contribution in [3.05, 3.63) is 0 Å². The van der Waals surface area contributed by atoms with Gasteiger partial charge >= 0.3 is 6.09 Å². The van der Waals surface area contributed by atoms with Crippen LogP contribution in [0.25, 0.3) is 0 Å². The molecule has 0 aromatic heterocycles. The topological polar surface area (TPSA) is 55.6 Å². The van der Waals surface area contributed by atoms with E-state index in [9.17, 15) is 4.79 Å². The molecule has 106 valence electrons. The number of likely N-dealkylation sites (N-methyl/N-ethyl adjacent to an activating group) is 1.